The van der Waals surface area contributed by atoms with E-state index in [9.17, 15) is 9.59 Å². The topological polar surface area (TPSA) is 49.9 Å². The summed E-state index contributed by atoms with van der Waals surface area (Å²) in [7, 11) is 0. The fourth-order valence-corrected chi connectivity index (χ4v) is 3.25. The van der Waals surface area contributed by atoms with Gasteiger partial charge in [0.15, 0.2) is 6.61 Å². The van der Waals surface area contributed by atoms with Crippen LogP contribution in [-0.2, 0) is 20.7 Å². The molecule has 0 saturated carbocycles. The number of ether oxygens (including phenoxy) is 1. The smallest absolute Gasteiger partial charge is 0.310 e. The van der Waals surface area contributed by atoms with E-state index in [1.807, 2.05) is 24.3 Å². The number of esters is 1. The third kappa shape index (κ3) is 5.62. The van der Waals surface area contributed by atoms with Crippen molar-refractivity contribution in [3.63, 3.8) is 0 Å². The van der Waals surface area contributed by atoms with E-state index in [-0.39, 0.29) is 18.9 Å². The summed E-state index contributed by atoms with van der Waals surface area (Å²) in [5.41, 5.74) is 1.84. The van der Waals surface area contributed by atoms with Gasteiger partial charge in [0, 0.05) is 41.9 Å². The van der Waals surface area contributed by atoms with E-state index in [2.05, 4.69) is 4.90 Å². The second-order valence-electron chi connectivity index (χ2n) is 6.31. The van der Waals surface area contributed by atoms with Gasteiger partial charge in [0.05, 0.1) is 6.42 Å². The minimum atomic E-state index is -0.428. The van der Waals surface area contributed by atoms with Crippen molar-refractivity contribution in [1.29, 1.82) is 0 Å². The molecule has 0 aliphatic carbocycles. The van der Waals surface area contributed by atoms with Crippen molar-refractivity contribution in [3.05, 3.63) is 64.1 Å². The molecular formula is C20H20Cl2N2O3. The number of nitrogens with zero attached hydrogens (tertiary/aromatic N) is 2. The Kier molecular flexibility index (Phi) is 6.58. The van der Waals surface area contributed by atoms with E-state index in [1.165, 1.54) is 0 Å². The number of hydrogen-bond acceptors (Lipinski definition) is 4. The van der Waals surface area contributed by atoms with Crippen LogP contribution in [0.3, 0.4) is 0 Å². The SMILES string of the molecule is O=C(Cc1ccc(Cl)cc1)OCC(=O)N1CCN(c2cccc(Cl)c2)CC1. The van der Waals surface area contributed by atoms with E-state index >= 15 is 0 Å². The molecule has 1 amide bonds. The number of carbonyl (C=O) groups is 2. The molecular weight excluding hydrogens is 387 g/mol. The summed E-state index contributed by atoms with van der Waals surface area (Å²) in [5, 5.41) is 1.30. The molecule has 1 saturated heterocycles. The molecule has 0 atom stereocenters. The van der Waals surface area contributed by atoms with Gasteiger partial charge in [-0.3, -0.25) is 9.59 Å². The van der Waals surface area contributed by atoms with Gasteiger partial charge in [-0.25, -0.2) is 0 Å². The van der Waals surface area contributed by atoms with Crippen molar-refractivity contribution < 1.29 is 14.3 Å². The number of hydrogen-bond donors (Lipinski definition) is 0. The maximum absolute atomic E-state index is 12.3. The second-order valence-corrected chi connectivity index (χ2v) is 7.18. The van der Waals surface area contributed by atoms with Gasteiger partial charge < -0.3 is 14.5 Å². The Morgan fingerprint density at radius 1 is 0.926 bits per heavy atom. The van der Waals surface area contributed by atoms with Gasteiger partial charge in [-0.05, 0) is 35.9 Å². The highest BCUT2D eigenvalue weighted by Crippen LogP contribution is 2.20. The summed E-state index contributed by atoms with van der Waals surface area (Å²) >= 11 is 11.9. The first-order valence-electron chi connectivity index (χ1n) is 8.69. The molecule has 2 aromatic carbocycles. The predicted octanol–water partition coefficient (Wildman–Crippen LogP) is 3.43. The Morgan fingerprint density at radius 3 is 2.30 bits per heavy atom. The number of piperazine rings is 1. The van der Waals surface area contributed by atoms with Gasteiger partial charge in [-0.2, -0.15) is 0 Å². The highest BCUT2D eigenvalue weighted by atomic mass is 35.5. The highest BCUT2D eigenvalue weighted by molar-refractivity contribution is 6.31. The minimum Gasteiger partial charge on any atom is -0.455 e. The third-order valence-corrected chi connectivity index (χ3v) is 4.91. The first-order valence-corrected chi connectivity index (χ1v) is 9.45. The Bertz CT molecular complexity index is 803. The second kappa shape index (κ2) is 9.11. The lowest BCUT2D eigenvalue weighted by Gasteiger charge is -2.36. The number of carbonyl (C=O) groups excluding carboxylic acids is 2. The lowest BCUT2D eigenvalue weighted by atomic mass is 10.1. The first-order chi connectivity index (χ1) is 13.0. The van der Waals surface area contributed by atoms with Gasteiger partial charge in [0.1, 0.15) is 0 Å². The van der Waals surface area contributed by atoms with Crippen LogP contribution in [0.5, 0.6) is 0 Å². The van der Waals surface area contributed by atoms with E-state index in [1.54, 1.807) is 29.2 Å². The van der Waals surface area contributed by atoms with Gasteiger partial charge in [-0.1, -0.05) is 41.4 Å². The zero-order chi connectivity index (χ0) is 19.2. The molecule has 0 N–H and O–H groups in total. The highest BCUT2D eigenvalue weighted by Gasteiger charge is 2.22. The fourth-order valence-electron chi connectivity index (χ4n) is 2.94. The standard InChI is InChI=1S/C20H20Cl2N2O3/c21-16-6-4-15(5-7-16)12-20(26)27-14-19(25)24-10-8-23(9-11-24)18-3-1-2-17(22)13-18/h1-7,13H,8-12,14H2. The van der Waals surface area contributed by atoms with Gasteiger partial charge in [0.25, 0.3) is 5.91 Å². The molecule has 1 aliphatic heterocycles. The summed E-state index contributed by atoms with van der Waals surface area (Å²) in [5.74, 6) is -0.603. The average molecular weight is 407 g/mol. The third-order valence-electron chi connectivity index (χ3n) is 4.42. The zero-order valence-electron chi connectivity index (χ0n) is 14.7. The number of anilines is 1. The molecule has 0 unspecified atom stereocenters. The minimum absolute atomic E-state index is 0.118. The largest absolute Gasteiger partial charge is 0.455 e. The van der Waals surface area contributed by atoms with Crippen LogP contribution in [0.25, 0.3) is 0 Å². The van der Waals surface area contributed by atoms with Crippen LogP contribution in [0, 0.1) is 0 Å². The Hall–Kier alpha value is -2.24. The molecule has 0 aromatic heterocycles. The van der Waals surface area contributed by atoms with Crippen molar-refractivity contribution >= 4 is 40.8 Å². The summed E-state index contributed by atoms with van der Waals surface area (Å²) in [6, 6.07) is 14.6. The molecule has 27 heavy (non-hydrogen) atoms. The van der Waals surface area contributed by atoms with Crippen molar-refractivity contribution in [2.75, 3.05) is 37.7 Å². The van der Waals surface area contributed by atoms with Gasteiger partial charge in [-0.15, -0.1) is 0 Å². The molecule has 1 heterocycles. The number of benzene rings is 2. The van der Waals surface area contributed by atoms with Crippen LogP contribution in [0.1, 0.15) is 5.56 Å². The van der Waals surface area contributed by atoms with Crippen molar-refractivity contribution in [3.8, 4) is 0 Å². The molecule has 0 bridgehead atoms. The summed E-state index contributed by atoms with van der Waals surface area (Å²) in [6.07, 6.45) is 0.118. The number of halogens is 2. The van der Waals surface area contributed by atoms with E-state index in [0.717, 1.165) is 11.3 Å². The molecule has 7 heteroatoms. The van der Waals surface area contributed by atoms with E-state index in [4.69, 9.17) is 27.9 Å². The van der Waals surface area contributed by atoms with Crippen molar-refractivity contribution in [2.24, 2.45) is 0 Å². The first kappa shape index (κ1) is 19.5. The maximum atomic E-state index is 12.3. The lowest BCUT2D eigenvalue weighted by molar-refractivity contribution is -0.151. The fraction of sp³-hybridized carbons (Fsp3) is 0.300. The predicted molar refractivity (Wildman–Crippen MR) is 106 cm³/mol. The Morgan fingerprint density at radius 2 is 1.63 bits per heavy atom. The van der Waals surface area contributed by atoms with E-state index in [0.29, 0.717) is 36.2 Å². The molecule has 1 fully saturated rings. The summed E-state index contributed by atoms with van der Waals surface area (Å²) in [4.78, 5) is 28.1. The monoisotopic (exact) mass is 406 g/mol. The van der Waals surface area contributed by atoms with Crippen LogP contribution < -0.4 is 4.90 Å². The summed E-state index contributed by atoms with van der Waals surface area (Å²) in [6.45, 7) is 2.36. The van der Waals surface area contributed by atoms with Crippen LogP contribution in [0.15, 0.2) is 48.5 Å². The molecule has 3 rings (SSSR count). The molecule has 0 spiro atoms. The van der Waals surface area contributed by atoms with Gasteiger partial charge in [0.2, 0.25) is 0 Å². The van der Waals surface area contributed by atoms with Crippen molar-refractivity contribution in [2.45, 2.75) is 6.42 Å². The molecule has 5 nitrogen and oxygen atoms in total. The number of amides is 1. The Labute approximate surface area is 168 Å². The summed E-state index contributed by atoms with van der Waals surface area (Å²) < 4.78 is 5.12. The zero-order valence-corrected chi connectivity index (χ0v) is 16.2. The van der Waals surface area contributed by atoms with Crippen molar-refractivity contribution in [1.82, 2.24) is 4.90 Å². The molecule has 1 aliphatic rings. The van der Waals surface area contributed by atoms with Crippen LogP contribution >= 0.6 is 23.2 Å². The lowest BCUT2D eigenvalue weighted by Crippen LogP contribution is -2.50. The quantitative estimate of drug-likeness (QED) is 0.713. The normalized spacial score (nSPS) is 14.1. The average Bonchev–Trinajstić information content (AvgIpc) is 2.68. The van der Waals surface area contributed by atoms with Crippen LogP contribution in [-0.4, -0.2) is 49.6 Å². The van der Waals surface area contributed by atoms with E-state index < -0.39 is 5.97 Å². The molecule has 0 radical (unpaired) electrons. The van der Waals surface area contributed by atoms with Gasteiger partial charge >= 0.3 is 5.97 Å². The Balaban J connectivity index is 1.42. The van der Waals surface area contributed by atoms with Crippen LogP contribution in [0.4, 0.5) is 5.69 Å². The molecule has 142 valence electrons. The van der Waals surface area contributed by atoms with Crippen LogP contribution in [0.2, 0.25) is 10.0 Å². The number of rotatable bonds is 5. The molecule has 2 aromatic rings. The maximum Gasteiger partial charge on any atom is 0.310 e.